The second-order valence-electron chi connectivity index (χ2n) is 14.6. The van der Waals surface area contributed by atoms with E-state index >= 15 is 0 Å². The minimum atomic E-state index is -0.635. The quantitative estimate of drug-likeness (QED) is 0.196. The monoisotopic (exact) mass is 661 g/mol. The Hall–Kier alpha value is -3.41. The molecule has 3 aromatic rings. The molecule has 1 N–H and O–H groups in total. The summed E-state index contributed by atoms with van der Waals surface area (Å²) < 4.78 is 31.7. The summed E-state index contributed by atoms with van der Waals surface area (Å²) in [5.74, 6) is 3.36. The number of hydrogen-bond donors (Lipinski definition) is 1. The lowest BCUT2D eigenvalue weighted by atomic mass is 9.76. The molecule has 0 radical (unpaired) electrons. The number of anilines is 1. The molecule has 0 amide bonds. The van der Waals surface area contributed by atoms with Crippen LogP contribution < -0.4 is 14.8 Å². The maximum Gasteiger partial charge on any atom is 0.305 e. The van der Waals surface area contributed by atoms with Gasteiger partial charge in [0.1, 0.15) is 35.4 Å². The summed E-state index contributed by atoms with van der Waals surface area (Å²) >= 11 is 0. The van der Waals surface area contributed by atoms with Gasteiger partial charge < -0.3 is 33.6 Å². The van der Waals surface area contributed by atoms with E-state index in [1.165, 1.54) is 12.8 Å². The molecule has 11 nitrogen and oxygen atoms in total. The van der Waals surface area contributed by atoms with E-state index in [1.807, 2.05) is 39.0 Å². The van der Waals surface area contributed by atoms with E-state index in [0.29, 0.717) is 37.5 Å². The molecule has 1 saturated heterocycles. The molecule has 11 heteroatoms. The van der Waals surface area contributed by atoms with Gasteiger partial charge in [-0.3, -0.25) is 9.69 Å². The van der Waals surface area contributed by atoms with E-state index < -0.39 is 5.79 Å². The highest BCUT2D eigenvalue weighted by atomic mass is 16.8. The summed E-state index contributed by atoms with van der Waals surface area (Å²) in [7, 11) is 3.32. The SMILES string of the molecule is CCOC(=O)CCC1CC(N(CC2CC2)CC2CC(n3ccc4c(NCc5ccc(OC)cc5OC)ncnc43)C3OC(C)(C)OC23)C1. The molecule has 0 bridgehead atoms. The van der Waals surface area contributed by atoms with Crippen molar-refractivity contribution >= 4 is 22.8 Å². The molecule has 4 aliphatic rings. The Morgan fingerprint density at radius 2 is 1.85 bits per heavy atom. The summed E-state index contributed by atoms with van der Waals surface area (Å²) in [4.78, 5) is 24.1. The third-order valence-corrected chi connectivity index (χ3v) is 10.8. The van der Waals surface area contributed by atoms with Gasteiger partial charge in [0.15, 0.2) is 5.79 Å². The van der Waals surface area contributed by atoms with Crippen molar-refractivity contribution in [1.29, 1.82) is 0 Å². The van der Waals surface area contributed by atoms with E-state index in [-0.39, 0.29) is 24.2 Å². The second kappa shape index (κ2) is 13.8. The highest BCUT2D eigenvalue weighted by Gasteiger charge is 2.55. The van der Waals surface area contributed by atoms with Crippen molar-refractivity contribution in [1.82, 2.24) is 19.4 Å². The van der Waals surface area contributed by atoms with Crippen LogP contribution in [0, 0.1) is 17.8 Å². The molecule has 260 valence electrons. The molecule has 3 aliphatic carbocycles. The minimum absolute atomic E-state index is 0.0193. The lowest BCUT2D eigenvalue weighted by Crippen LogP contribution is -2.48. The maximum absolute atomic E-state index is 11.9. The third-order valence-electron chi connectivity index (χ3n) is 10.8. The van der Waals surface area contributed by atoms with Gasteiger partial charge in [-0.15, -0.1) is 0 Å². The van der Waals surface area contributed by atoms with Gasteiger partial charge in [0.2, 0.25) is 0 Å². The van der Waals surface area contributed by atoms with Crippen molar-refractivity contribution in [2.24, 2.45) is 17.8 Å². The molecule has 3 saturated carbocycles. The number of benzene rings is 1. The summed E-state index contributed by atoms with van der Waals surface area (Å²) in [5.41, 5.74) is 1.91. The van der Waals surface area contributed by atoms with Crippen molar-refractivity contribution in [2.75, 3.05) is 39.2 Å². The summed E-state index contributed by atoms with van der Waals surface area (Å²) in [6, 6.07) is 8.62. The first kappa shape index (κ1) is 33.1. The van der Waals surface area contributed by atoms with Gasteiger partial charge in [-0.2, -0.15) is 0 Å². The summed E-state index contributed by atoms with van der Waals surface area (Å²) in [6.45, 7) is 9.11. The maximum atomic E-state index is 11.9. The number of hydrogen-bond acceptors (Lipinski definition) is 10. The Morgan fingerprint density at radius 1 is 1.04 bits per heavy atom. The normalized spacial score (nSPS) is 27.5. The number of nitrogens with zero attached hydrogens (tertiary/aromatic N) is 4. The van der Waals surface area contributed by atoms with Crippen LogP contribution in [0.2, 0.25) is 0 Å². The molecule has 3 heterocycles. The molecule has 4 fully saturated rings. The van der Waals surface area contributed by atoms with Crippen LogP contribution in [0.1, 0.15) is 77.3 Å². The van der Waals surface area contributed by atoms with E-state index in [1.54, 1.807) is 20.5 Å². The van der Waals surface area contributed by atoms with E-state index in [4.69, 9.17) is 28.7 Å². The zero-order chi connectivity index (χ0) is 33.4. The molecule has 7 rings (SSSR count). The predicted octanol–water partition coefficient (Wildman–Crippen LogP) is 5.98. The number of aromatic nitrogens is 3. The Labute approximate surface area is 283 Å². The second-order valence-corrected chi connectivity index (χ2v) is 14.6. The predicted molar refractivity (Wildman–Crippen MR) is 182 cm³/mol. The smallest absolute Gasteiger partial charge is 0.305 e. The van der Waals surface area contributed by atoms with Crippen molar-refractivity contribution in [2.45, 2.75) is 102 Å². The molecule has 1 aromatic carbocycles. The van der Waals surface area contributed by atoms with Crippen LogP contribution in [0.4, 0.5) is 5.82 Å². The third kappa shape index (κ3) is 7.00. The van der Waals surface area contributed by atoms with Gasteiger partial charge >= 0.3 is 5.97 Å². The fourth-order valence-electron chi connectivity index (χ4n) is 8.16. The average Bonchev–Trinajstić information content (AvgIpc) is 3.55. The van der Waals surface area contributed by atoms with Crippen LogP contribution in [-0.2, 0) is 25.5 Å². The fraction of sp³-hybridized carbons (Fsp3) is 0.649. The summed E-state index contributed by atoms with van der Waals surface area (Å²) in [5, 5.41) is 4.49. The first-order chi connectivity index (χ1) is 23.2. The molecule has 4 unspecified atom stereocenters. The first-order valence-electron chi connectivity index (χ1n) is 17.8. The number of rotatable bonds is 15. The zero-order valence-corrected chi connectivity index (χ0v) is 29.0. The number of methoxy groups -OCH3 is 2. The molecular weight excluding hydrogens is 610 g/mol. The van der Waals surface area contributed by atoms with Gasteiger partial charge in [-0.05, 0) is 89.3 Å². The number of esters is 1. The van der Waals surface area contributed by atoms with Crippen molar-refractivity contribution in [3.8, 4) is 11.5 Å². The topological polar surface area (TPSA) is 109 Å². The lowest BCUT2D eigenvalue weighted by Gasteiger charge is -2.44. The Kier molecular flexibility index (Phi) is 9.54. The Morgan fingerprint density at radius 3 is 2.60 bits per heavy atom. The Balaban J connectivity index is 1.06. The van der Waals surface area contributed by atoms with E-state index in [0.717, 1.165) is 78.6 Å². The van der Waals surface area contributed by atoms with Crippen LogP contribution in [0.25, 0.3) is 11.0 Å². The van der Waals surface area contributed by atoms with E-state index in [9.17, 15) is 4.79 Å². The van der Waals surface area contributed by atoms with E-state index in [2.05, 4.69) is 32.0 Å². The number of nitrogens with one attached hydrogen (secondary N) is 1. The standard InChI is InChI=1S/C37H51N5O6/c1-6-46-32(43)12-9-24-15-27(16-24)41(20-23-7-8-23)21-26-17-30(34-33(26)47-37(2,3)48-34)42-14-13-29-35(39-22-40-36(29)42)38-19-25-10-11-28(44-4)18-31(25)45-5/h10-11,13-14,18,22-24,26-27,30,33-34H,6-9,12,15-17,19-21H2,1-5H3,(H,38,39,40). The lowest BCUT2D eigenvalue weighted by molar-refractivity contribution is -0.161. The molecule has 2 aromatic heterocycles. The number of fused-ring (bicyclic) bond motifs is 2. The Bertz CT molecular complexity index is 1580. The van der Waals surface area contributed by atoms with Gasteiger partial charge in [0.25, 0.3) is 0 Å². The highest BCUT2D eigenvalue weighted by Crippen LogP contribution is 2.49. The van der Waals surface area contributed by atoms with Crippen LogP contribution in [0.3, 0.4) is 0 Å². The molecule has 48 heavy (non-hydrogen) atoms. The van der Waals surface area contributed by atoms with Crippen LogP contribution in [0.15, 0.2) is 36.8 Å². The zero-order valence-electron chi connectivity index (χ0n) is 29.0. The molecule has 1 aliphatic heterocycles. The molecule has 0 spiro atoms. The van der Waals surface area contributed by atoms with Gasteiger partial charge in [0, 0.05) is 55.8 Å². The number of ether oxygens (including phenoxy) is 5. The van der Waals surface area contributed by atoms with Crippen molar-refractivity contribution in [3.63, 3.8) is 0 Å². The van der Waals surface area contributed by atoms with Crippen molar-refractivity contribution < 1.29 is 28.5 Å². The van der Waals surface area contributed by atoms with Crippen LogP contribution in [0.5, 0.6) is 11.5 Å². The highest BCUT2D eigenvalue weighted by molar-refractivity contribution is 5.87. The van der Waals surface area contributed by atoms with Crippen molar-refractivity contribution in [3.05, 3.63) is 42.4 Å². The molecule has 4 atom stereocenters. The van der Waals surface area contributed by atoms with Gasteiger partial charge in [-0.25, -0.2) is 9.97 Å². The van der Waals surface area contributed by atoms with Gasteiger partial charge in [-0.1, -0.05) is 0 Å². The average molecular weight is 662 g/mol. The minimum Gasteiger partial charge on any atom is -0.497 e. The summed E-state index contributed by atoms with van der Waals surface area (Å²) in [6.07, 6.45) is 11.2. The largest absolute Gasteiger partial charge is 0.497 e. The fourth-order valence-corrected chi connectivity index (χ4v) is 8.16. The van der Waals surface area contributed by atoms with Crippen LogP contribution >= 0.6 is 0 Å². The number of carbonyl (C=O) groups is 1. The van der Waals surface area contributed by atoms with Gasteiger partial charge in [0.05, 0.1) is 38.4 Å². The number of carbonyl (C=O) groups excluding carboxylic acids is 1. The van der Waals surface area contributed by atoms with Crippen LogP contribution in [-0.4, -0.2) is 83.4 Å². The molecular formula is C37H51N5O6. The first-order valence-corrected chi connectivity index (χ1v) is 17.8.